The molecule has 56 heavy (non-hydrogen) atoms. The number of benzene rings is 6. The first kappa shape index (κ1) is 30.6. The monoisotopic (exact) mass is 719 g/mol. The summed E-state index contributed by atoms with van der Waals surface area (Å²) in [6.45, 7) is 0. The average molecular weight is 720 g/mol. The normalized spacial score (nSPS) is 11.9. The minimum Gasteiger partial charge on any atom is -0.455 e. The van der Waals surface area contributed by atoms with E-state index in [0.29, 0.717) is 11.6 Å². The molecule has 0 unspecified atom stereocenters. The Morgan fingerprint density at radius 2 is 0.982 bits per heavy atom. The van der Waals surface area contributed by atoms with Gasteiger partial charge in [-0.3, -0.25) is 14.5 Å². The smallest absolute Gasteiger partial charge is 0.170 e. The zero-order valence-corrected chi connectivity index (χ0v) is 29.8. The molecule has 0 atom stereocenters. The molecule has 8 heteroatoms. The van der Waals surface area contributed by atoms with Crippen LogP contribution in [0.5, 0.6) is 0 Å². The van der Waals surface area contributed by atoms with E-state index in [1.54, 1.807) is 12.4 Å². The fourth-order valence-corrected chi connectivity index (χ4v) is 8.56. The number of fused-ring (bicyclic) bond motifs is 10. The second-order valence-corrected chi connectivity index (χ2v) is 14.0. The Morgan fingerprint density at radius 3 is 1.70 bits per heavy atom. The molecule has 0 aliphatic rings. The zero-order chi connectivity index (χ0) is 36.7. The summed E-state index contributed by atoms with van der Waals surface area (Å²) in [6.07, 6.45) is 7.18. The van der Waals surface area contributed by atoms with Crippen molar-refractivity contribution in [2.24, 2.45) is 0 Å². The van der Waals surface area contributed by atoms with E-state index in [4.69, 9.17) is 4.42 Å². The molecular formula is C48H29N7O. The van der Waals surface area contributed by atoms with Crippen LogP contribution in [-0.2, 0) is 0 Å². The summed E-state index contributed by atoms with van der Waals surface area (Å²) < 4.78 is 13.4. The topological polar surface area (TPSA) is 79.5 Å². The number of rotatable bonds is 5. The molecule has 0 spiro atoms. The molecule has 0 saturated carbocycles. The van der Waals surface area contributed by atoms with Crippen LogP contribution in [-0.4, -0.2) is 33.9 Å². The first-order valence-corrected chi connectivity index (χ1v) is 18.5. The van der Waals surface area contributed by atoms with E-state index in [1.807, 2.05) is 48.8 Å². The molecule has 6 heterocycles. The van der Waals surface area contributed by atoms with E-state index in [9.17, 15) is 0 Å². The summed E-state index contributed by atoms with van der Waals surface area (Å²) >= 11 is 0. The highest BCUT2D eigenvalue weighted by Crippen LogP contribution is 2.41. The van der Waals surface area contributed by atoms with Crippen LogP contribution in [0.3, 0.4) is 0 Å². The third-order valence-corrected chi connectivity index (χ3v) is 10.9. The van der Waals surface area contributed by atoms with Gasteiger partial charge < -0.3 is 13.6 Å². The molecule has 0 amide bonds. The van der Waals surface area contributed by atoms with Gasteiger partial charge in [0.1, 0.15) is 11.2 Å². The van der Waals surface area contributed by atoms with Crippen LogP contribution >= 0.6 is 0 Å². The maximum absolute atomic E-state index is 6.57. The molecule has 8 nitrogen and oxygen atoms in total. The van der Waals surface area contributed by atoms with Gasteiger partial charge in [-0.1, -0.05) is 60.7 Å². The molecule has 0 bridgehead atoms. The quantitative estimate of drug-likeness (QED) is 0.177. The number of pyridine rings is 2. The Hall–Kier alpha value is -7.84. The molecule has 0 radical (unpaired) electrons. The third kappa shape index (κ3) is 4.41. The van der Waals surface area contributed by atoms with Crippen LogP contribution in [0.1, 0.15) is 0 Å². The van der Waals surface area contributed by atoms with Crippen LogP contribution in [0.15, 0.2) is 181 Å². The number of hydrogen-bond acceptors (Lipinski definition) is 5. The van der Waals surface area contributed by atoms with Crippen LogP contribution in [0.2, 0.25) is 0 Å². The first-order chi connectivity index (χ1) is 27.8. The van der Waals surface area contributed by atoms with Crippen molar-refractivity contribution in [3.63, 3.8) is 0 Å². The van der Waals surface area contributed by atoms with Crippen molar-refractivity contribution in [1.29, 1.82) is 0 Å². The van der Waals surface area contributed by atoms with Gasteiger partial charge in [-0.25, -0.2) is 0 Å². The van der Waals surface area contributed by atoms with Gasteiger partial charge in [0.15, 0.2) is 11.6 Å². The van der Waals surface area contributed by atoms with Gasteiger partial charge >= 0.3 is 0 Å². The SMILES string of the molecule is c1cncc(-c2nnc(-c3cccnc3)n2-c2ccc3c(c2)c2ccccc2n3-c2cccc(-n3c4ccccc4c4c5oc6ccccc6c5ccc43)c2)c1. The Labute approximate surface area is 319 Å². The number of furan rings is 1. The second kappa shape index (κ2) is 11.8. The number of hydrogen-bond donors (Lipinski definition) is 0. The molecule has 12 aromatic rings. The summed E-state index contributed by atoms with van der Waals surface area (Å²) in [6, 6.07) is 53.2. The lowest BCUT2D eigenvalue weighted by atomic mass is 10.1. The van der Waals surface area contributed by atoms with Gasteiger partial charge in [0.25, 0.3) is 0 Å². The lowest BCUT2D eigenvalue weighted by Gasteiger charge is -2.13. The molecule has 12 rings (SSSR count). The predicted molar refractivity (Wildman–Crippen MR) is 224 cm³/mol. The predicted octanol–water partition coefficient (Wildman–Crippen LogP) is 11.5. The zero-order valence-electron chi connectivity index (χ0n) is 29.8. The number of aromatic nitrogens is 7. The lowest BCUT2D eigenvalue weighted by molar-refractivity contribution is 0.673. The van der Waals surface area contributed by atoms with Crippen molar-refractivity contribution < 1.29 is 4.42 Å². The summed E-state index contributed by atoms with van der Waals surface area (Å²) in [5, 5.41) is 16.1. The van der Waals surface area contributed by atoms with Crippen molar-refractivity contribution in [2.45, 2.75) is 0 Å². The molecule has 6 aromatic carbocycles. The van der Waals surface area contributed by atoms with Crippen LogP contribution in [0, 0.1) is 0 Å². The minimum atomic E-state index is 0.707. The first-order valence-electron chi connectivity index (χ1n) is 18.5. The van der Waals surface area contributed by atoms with E-state index >= 15 is 0 Å². The highest BCUT2D eigenvalue weighted by atomic mass is 16.3. The van der Waals surface area contributed by atoms with Gasteiger partial charge in [0.2, 0.25) is 0 Å². The third-order valence-electron chi connectivity index (χ3n) is 10.9. The van der Waals surface area contributed by atoms with Gasteiger partial charge in [-0.15, -0.1) is 10.2 Å². The maximum Gasteiger partial charge on any atom is 0.170 e. The summed E-state index contributed by atoms with van der Waals surface area (Å²) in [5.74, 6) is 1.41. The summed E-state index contributed by atoms with van der Waals surface area (Å²) in [5.41, 5.74) is 11.1. The number of nitrogens with zero attached hydrogens (tertiary/aromatic N) is 7. The van der Waals surface area contributed by atoms with Gasteiger partial charge in [-0.05, 0) is 91.0 Å². The average Bonchev–Trinajstić information content (AvgIpc) is 4.03. The molecule has 262 valence electrons. The molecule has 0 aliphatic carbocycles. The minimum absolute atomic E-state index is 0.707. The van der Waals surface area contributed by atoms with E-state index in [0.717, 1.165) is 93.7 Å². The highest BCUT2D eigenvalue weighted by molar-refractivity contribution is 6.23. The van der Waals surface area contributed by atoms with Crippen molar-refractivity contribution in [2.75, 3.05) is 0 Å². The van der Waals surface area contributed by atoms with Crippen molar-refractivity contribution in [1.82, 2.24) is 33.9 Å². The lowest BCUT2D eigenvalue weighted by Crippen LogP contribution is -2.01. The van der Waals surface area contributed by atoms with Gasteiger partial charge in [0.05, 0.1) is 33.1 Å². The van der Waals surface area contributed by atoms with E-state index < -0.39 is 0 Å². The molecule has 0 N–H and O–H groups in total. The Balaban J connectivity index is 1.07. The molecular weight excluding hydrogens is 691 g/mol. The fraction of sp³-hybridized carbons (Fsp3) is 0. The highest BCUT2D eigenvalue weighted by Gasteiger charge is 2.22. The molecule has 6 aromatic heterocycles. The summed E-state index contributed by atoms with van der Waals surface area (Å²) in [4.78, 5) is 8.77. The summed E-state index contributed by atoms with van der Waals surface area (Å²) in [7, 11) is 0. The fourth-order valence-electron chi connectivity index (χ4n) is 8.56. The van der Waals surface area contributed by atoms with E-state index in [2.05, 4.69) is 149 Å². The number of para-hydroxylation sites is 3. The second-order valence-electron chi connectivity index (χ2n) is 14.0. The van der Waals surface area contributed by atoms with Crippen molar-refractivity contribution >= 4 is 65.6 Å². The van der Waals surface area contributed by atoms with Crippen LogP contribution in [0.4, 0.5) is 0 Å². The van der Waals surface area contributed by atoms with Gasteiger partial charge in [0, 0.05) is 74.2 Å². The van der Waals surface area contributed by atoms with Crippen molar-refractivity contribution in [3.05, 3.63) is 176 Å². The molecule has 0 fully saturated rings. The van der Waals surface area contributed by atoms with Crippen molar-refractivity contribution in [3.8, 4) is 39.8 Å². The Bertz CT molecular complexity index is 3430. The van der Waals surface area contributed by atoms with Crippen LogP contribution < -0.4 is 0 Å². The molecule has 0 aliphatic heterocycles. The molecule has 0 saturated heterocycles. The van der Waals surface area contributed by atoms with E-state index in [1.165, 1.54) is 0 Å². The van der Waals surface area contributed by atoms with Gasteiger partial charge in [-0.2, -0.15) is 0 Å². The van der Waals surface area contributed by atoms with E-state index in [-0.39, 0.29) is 0 Å². The maximum atomic E-state index is 6.57. The largest absolute Gasteiger partial charge is 0.455 e. The van der Waals surface area contributed by atoms with Crippen LogP contribution in [0.25, 0.3) is 105 Å². The standard InChI is InChI=1S/C48H29N7O/c1-4-17-40-35(14-1)39-27-34(55-47(30-10-8-24-49-28-30)51-52-48(55)31-11-9-25-50-29-31)20-22-42(39)53(40)32-12-7-13-33(26-32)54-41-18-5-2-16-38(41)45-43(54)23-21-37-36-15-3-6-19-44(36)56-46(37)45/h1-29H. The Morgan fingerprint density at radius 1 is 0.393 bits per heavy atom. The Kier molecular flexibility index (Phi) is 6.47.